The monoisotopic (exact) mass is 284 g/mol. The first-order chi connectivity index (χ1) is 9.42. The summed E-state index contributed by atoms with van der Waals surface area (Å²) in [5.74, 6) is 1.90. The highest BCUT2D eigenvalue weighted by Crippen LogP contribution is 2.45. The van der Waals surface area contributed by atoms with Crippen LogP contribution in [0.25, 0.3) is 0 Å². The summed E-state index contributed by atoms with van der Waals surface area (Å²) >= 11 is 0. The molecule has 1 nitrogen and oxygen atoms in total. The third-order valence-electron chi connectivity index (χ3n) is 3.06. The Bertz CT molecular complexity index is 578. The molecule has 0 bridgehead atoms. The Morgan fingerprint density at radius 1 is 0.800 bits per heavy atom. The first-order valence-electron chi connectivity index (χ1n) is 6.83. The van der Waals surface area contributed by atoms with Crippen molar-refractivity contribution in [1.82, 2.24) is 0 Å². The molecule has 104 valence electrons. The predicted octanol–water partition coefficient (Wildman–Crippen LogP) is 4.56. The molecule has 0 aliphatic rings. The minimum Gasteiger partial charge on any atom is -0.309 e. The van der Waals surface area contributed by atoms with Gasteiger partial charge in [0.25, 0.3) is 0 Å². The molecule has 0 N–H and O–H groups in total. The van der Waals surface area contributed by atoms with Crippen molar-refractivity contribution in [2.45, 2.75) is 20.8 Å². The van der Waals surface area contributed by atoms with Crippen molar-refractivity contribution in [3.8, 4) is 0 Å². The van der Waals surface area contributed by atoms with Crippen LogP contribution in [0.4, 0.5) is 0 Å². The van der Waals surface area contributed by atoms with Gasteiger partial charge in [0.05, 0.1) is 0 Å². The van der Waals surface area contributed by atoms with Crippen molar-refractivity contribution < 1.29 is 4.57 Å². The van der Waals surface area contributed by atoms with Crippen LogP contribution in [0.3, 0.4) is 0 Å². The molecule has 0 saturated heterocycles. The first-order valence-corrected chi connectivity index (χ1v) is 8.61. The quantitative estimate of drug-likeness (QED) is 0.755. The molecular formula is C18H21OP. The van der Waals surface area contributed by atoms with Crippen molar-refractivity contribution in [2.24, 2.45) is 5.41 Å². The summed E-state index contributed by atoms with van der Waals surface area (Å²) in [6.45, 7) is 6.34. The zero-order chi connectivity index (χ0) is 14.6. The predicted molar refractivity (Wildman–Crippen MR) is 88.4 cm³/mol. The second-order valence-corrected chi connectivity index (χ2v) is 8.66. The van der Waals surface area contributed by atoms with E-state index in [1.807, 2.05) is 72.6 Å². The average Bonchev–Trinajstić information content (AvgIpc) is 2.46. The first kappa shape index (κ1) is 14.8. The van der Waals surface area contributed by atoms with Crippen LogP contribution in [0.15, 0.2) is 72.6 Å². The molecule has 0 aliphatic carbocycles. The maximum atomic E-state index is 13.6. The van der Waals surface area contributed by atoms with E-state index in [1.165, 1.54) is 0 Å². The smallest absolute Gasteiger partial charge is 0.163 e. The third kappa shape index (κ3) is 3.49. The molecule has 2 aromatic carbocycles. The highest BCUT2D eigenvalue weighted by Gasteiger charge is 2.24. The standard InChI is InChI=1S/C18H21OP/c1-18(2,3)14-15-20(19,16-10-6-4-7-11-16)17-12-8-5-9-13-17/h4-15H,1-3H3/b15-14+. The molecular weight excluding hydrogens is 263 g/mol. The fraction of sp³-hybridized carbons (Fsp3) is 0.222. The largest absolute Gasteiger partial charge is 0.309 e. The summed E-state index contributed by atoms with van der Waals surface area (Å²) in [4.78, 5) is 0. The highest BCUT2D eigenvalue weighted by molar-refractivity contribution is 7.81. The van der Waals surface area contributed by atoms with Gasteiger partial charge in [0.2, 0.25) is 0 Å². The summed E-state index contributed by atoms with van der Waals surface area (Å²) in [6.07, 6.45) is 2.05. The minimum absolute atomic E-state index is 0.0131. The van der Waals surface area contributed by atoms with Gasteiger partial charge in [-0.15, -0.1) is 0 Å². The normalized spacial score (nSPS) is 12.8. The van der Waals surface area contributed by atoms with E-state index in [0.29, 0.717) is 0 Å². The van der Waals surface area contributed by atoms with Gasteiger partial charge >= 0.3 is 0 Å². The van der Waals surface area contributed by atoms with E-state index < -0.39 is 7.14 Å². The number of allylic oxidation sites excluding steroid dienone is 1. The topological polar surface area (TPSA) is 17.1 Å². The molecule has 0 atom stereocenters. The molecule has 0 heterocycles. The van der Waals surface area contributed by atoms with Crippen LogP contribution in [0.5, 0.6) is 0 Å². The minimum atomic E-state index is -2.70. The lowest BCUT2D eigenvalue weighted by atomic mass is 9.98. The Balaban J connectivity index is 2.56. The molecule has 0 saturated carbocycles. The van der Waals surface area contributed by atoms with E-state index in [-0.39, 0.29) is 5.41 Å². The van der Waals surface area contributed by atoms with Crippen LogP contribution in [0.2, 0.25) is 0 Å². The van der Waals surface area contributed by atoms with Crippen LogP contribution in [-0.4, -0.2) is 0 Å². The summed E-state index contributed by atoms with van der Waals surface area (Å²) in [7, 11) is -2.70. The van der Waals surface area contributed by atoms with E-state index in [4.69, 9.17) is 0 Å². The zero-order valence-electron chi connectivity index (χ0n) is 12.3. The summed E-state index contributed by atoms with van der Waals surface area (Å²) < 4.78 is 13.6. The molecule has 0 aromatic heterocycles. The van der Waals surface area contributed by atoms with Crippen molar-refractivity contribution >= 4 is 17.8 Å². The molecule has 0 amide bonds. The van der Waals surface area contributed by atoms with E-state index in [9.17, 15) is 4.57 Å². The Kier molecular flexibility index (Phi) is 4.30. The lowest BCUT2D eigenvalue weighted by molar-refractivity contribution is 0.543. The van der Waals surface area contributed by atoms with Gasteiger partial charge in [-0.2, -0.15) is 0 Å². The second kappa shape index (κ2) is 5.81. The van der Waals surface area contributed by atoms with Crippen molar-refractivity contribution in [3.05, 3.63) is 72.6 Å². The number of hydrogen-bond donors (Lipinski definition) is 0. The van der Waals surface area contributed by atoms with Crippen LogP contribution in [0, 0.1) is 5.41 Å². The van der Waals surface area contributed by atoms with Gasteiger partial charge < -0.3 is 4.57 Å². The fourth-order valence-electron chi connectivity index (χ4n) is 1.95. The van der Waals surface area contributed by atoms with Crippen molar-refractivity contribution in [3.63, 3.8) is 0 Å². The lowest BCUT2D eigenvalue weighted by Gasteiger charge is -2.18. The second-order valence-electron chi connectivity index (χ2n) is 6.01. The van der Waals surface area contributed by atoms with Crippen LogP contribution in [-0.2, 0) is 4.57 Å². The van der Waals surface area contributed by atoms with Gasteiger partial charge in [0.1, 0.15) is 0 Å². The number of rotatable bonds is 3. The molecule has 2 aromatic rings. The van der Waals surface area contributed by atoms with E-state index in [2.05, 4.69) is 20.8 Å². The lowest BCUT2D eigenvalue weighted by Crippen LogP contribution is -2.14. The van der Waals surface area contributed by atoms with E-state index >= 15 is 0 Å². The molecule has 0 radical (unpaired) electrons. The average molecular weight is 284 g/mol. The maximum absolute atomic E-state index is 13.6. The Morgan fingerprint density at radius 3 is 1.55 bits per heavy atom. The van der Waals surface area contributed by atoms with E-state index in [1.54, 1.807) is 0 Å². The van der Waals surface area contributed by atoms with Gasteiger partial charge in [-0.25, -0.2) is 0 Å². The Hall–Kier alpha value is -1.59. The van der Waals surface area contributed by atoms with Crippen LogP contribution < -0.4 is 10.6 Å². The van der Waals surface area contributed by atoms with Gasteiger partial charge in [-0.3, -0.25) is 0 Å². The van der Waals surface area contributed by atoms with Crippen LogP contribution >= 0.6 is 7.14 Å². The molecule has 0 fully saturated rings. The Morgan fingerprint density at radius 2 is 1.20 bits per heavy atom. The van der Waals surface area contributed by atoms with Crippen LogP contribution in [0.1, 0.15) is 20.8 Å². The maximum Gasteiger partial charge on any atom is 0.163 e. The molecule has 0 spiro atoms. The van der Waals surface area contributed by atoms with Gasteiger partial charge in [0.15, 0.2) is 7.14 Å². The molecule has 2 heteroatoms. The SMILES string of the molecule is CC(C)(C)/C=C/P(=O)(c1ccccc1)c1ccccc1. The fourth-order valence-corrected chi connectivity index (χ4v) is 4.48. The summed E-state index contributed by atoms with van der Waals surface area (Å²) in [5, 5.41) is 1.76. The number of benzene rings is 2. The van der Waals surface area contributed by atoms with E-state index in [0.717, 1.165) is 10.6 Å². The van der Waals surface area contributed by atoms with Gasteiger partial charge in [0, 0.05) is 10.6 Å². The molecule has 0 aliphatic heterocycles. The van der Waals surface area contributed by atoms with Crippen molar-refractivity contribution in [2.75, 3.05) is 0 Å². The van der Waals surface area contributed by atoms with Gasteiger partial charge in [-0.05, 0) is 11.2 Å². The third-order valence-corrected chi connectivity index (χ3v) is 5.76. The molecule has 2 rings (SSSR count). The molecule has 20 heavy (non-hydrogen) atoms. The Labute approximate surface area is 121 Å². The zero-order valence-corrected chi connectivity index (χ0v) is 13.2. The van der Waals surface area contributed by atoms with Gasteiger partial charge in [-0.1, -0.05) is 87.5 Å². The summed E-state index contributed by atoms with van der Waals surface area (Å²) in [6, 6.07) is 19.4. The highest BCUT2D eigenvalue weighted by atomic mass is 31.2. The van der Waals surface area contributed by atoms with Crippen molar-refractivity contribution in [1.29, 1.82) is 0 Å². The summed E-state index contributed by atoms with van der Waals surface area (Å²) in [5.41, 5.74) is 0.0131. The molecule has 0 unspecified atom stereocenters. The number of hydrogen-bond acceptors (Lipinski definition) is 1.